The molecule has 0 atom stereocenters. The Morgan fingerprint density at radius 1 is 1.62 bits per heavy atom. The zero-order valence-electron chi connectivity index (χ0n) is 9.19. The van der Waals surface area contributed by atoms with Gasteiger partial charge in [0, 0.05) is 12.7 Å². The Labute approximate surface area is 92.7 Å². The largest absolute Gasteiger partial charge is 0.344 e. The summed E-state index contributed by atoms with van der Waals surface area (Å²) in [6.45, 7) is 4.51. The van der Waals surface area contributed by atoms with Crippen LogP contribution in [0.1, 0.15) is 23.2 Å². The highest BCUT2D eigenvalue weighted by atomic mass is 16.2. The summed E-state index contributed by atoms with van der Waals surface area (Å²) in [5.41, 5.74) is 0.602. The van der Waals surface area contributed by atoms with E-state index in [1.54, 1.807) is 13.0 Å². The maximum Gasteiger partial charge on any atom is 0.274 e. The van der Waals surface area contributed by atoms with Crippen LogP contribution in [0.15, 0.2) is 18.3 Å². The standard InChI is InChI=1S/C10H13N5O/c1-3-15-6-4-5-8(15)9(16)12-10-11-7(2)13-14-10/h4-6H,3H2,1-2H3,(H2,11,12,13,14,16). The summed E-state index contributed by atoms with van der Waals surface area (Å²) in [5.74, 6) is 0.762. The maximum atomic E-state index is 11.8. The highest BCUT2D eigenvalue weighted by Gasteiger charge is 2.11. The van der Waals surface area contributed by atoms with Gasteiger partial charge >= 0.3 is 0 Å². The van der Waals surface area contributed by atoms with Crippen LogP contribution in [0.5, 0.6) is 0 Å². The fourth-order valence-electron chi connectivity index (χ4n) is 1.46. The first-order valence-corrected chi connectivity index (χ1v) is 5.06. The molecule has 0 aliphatic rings. The van der Waals surface area contributed by atoms with E-state index in [9.17, 15) is 4.79 Å². The SMILES string of the molecule is CCn1cccc1C(=O)Nc1n[nH]c(C)n1. The smallest absolute Gasteiger partial charge is 0.274 e. The fourth-order valence-corrected chi connectivity index (χ4v) is 1.46. The third-order valence-corrected chi connectivity index (χ3v) is 2.23. The van der Waals surface area contributed by atoms with Gasteiger partial charge in [-0.25, -0.2) is 0 Å². The summed E-state index contributed by atoms with van der Waals surface area (Å²) >= 11 is 0. The summed E-state index contributed by atoms with van der Waals surface area (Å²) in [6.07, 6.45) is 1.86. The predicted molar refractivity (Wildman–Crippen MR) is 59.2 cm³/mol. The Hall–Kier alpha value is -2.11. The first-order valence-electron chi connectivity index (χ1n) is 5.06. The van der Waals surface area contributed by atoms with Crippen molar-refractivity contribution in [2.24, 2.45) is 0 Å². The van der Waals surface area contributed by atoms with Gasteiger partial charge in [-0.2, -0.15) is 4.98 Å². The van der Waals surface area contributed by atoms with Crippen LogP contribution in [0.2, 0.25) is 0 Å². The Morgan fingerprint density at radius 3 is 3.06 bits per heavy atom. The zero-order chi connectivity index (χ0) is 11.5. The van der Waals surface area contributed by atoms with Crippen molar-refractivity contribution < 1.29 is 4.79 Å². The predicted octanol–water partition coefficient (Wildman–Crippen LogP) is 1.19. The van der Waals surface area contributed by atoms with Crippen LogP contribution in [0, 0.1) is 6.92 Å². The van der Waals surface area contributed by atoms with Crippen LogP contribution >= 0.6 is 0 Å². The van der Waals surface area contributed by atoms with E-state index in [1.165, 1.54) is 0 Å². The lowest BCUT2D eigenvalue weighted by Gasteiger charge is -2.04. The van der Waals surface area contributed by atoms with Crippen molar-refractivity contribution in [2.45, 2.75) is 20.4 Å². The lowest BCUT2D eigenvalue weighted by molar-refractivity contribution is 0.101. The molecule has 0 saturated carbocycles. The molecule has 0 aromatic carbocycles. The van der Waals surface area contributed by atoms with Gasteiger partial charge in [0.2, 0.25) is 5.95 Å². The van der Waals surface area contributed by atoms with Gasteiger partial charge in [0.1, 0.15) is 11.5 Å². The molecule has 2 aromatic rings. The third kappa shape index (κ3) is 1.95. The van der Waals surface area contributed by atoms with E-state index in [2.05, 4.69) is 20.5 Å². The number of aromatic amines is 1. The van der Waals surface area contributed by atoms with Crippen LogP contribution in [-0.4, -0.2) is 25.7 Å². The van der Waals surface area contributed by atoms with Crippen molar-refractivity contribution in [3.05, 3.63) is 29.8 Å². The molecule has 6 heteroatoms. The number of nitrogens with zero attached hydrogens (tertiary/aromatic N) is 3. The average molecular weight is 219 g/mol. The van der Waals surface area contributed by atoms with Gasteiger partial charge in [-0.05, 0) is 26.0 Å². The van der Waals surface area contributed by atoms with Crippen LogP contribution in [-0.2, 0) is 6.54 Å². The molecule has 0 fully saturated rings. The molecule has 0 spiro atoms. The normalized spacial score (nSPS) is 10.4. The Kier molecular flexibility index (Phi) is 2.72. The second-order valence-corrected chi connectivity index (χ2v) is 3.38. The number of hydrogen-bond acceptors (Lipinski definition) is 3. The average Bonchev–Trinajstić information content (AvgIpc) is 2.86. The monoisotopic (exact) mass is 219 g/mol. The number of rotatable bonds is 3. The number of carbonyl (C=O) groups excluding carboxylic acids is 1. The van der Waals surface area contributed by atoms with E-state index < -0.39 is 0 Å². The summed E-state index contributed by atoms with van der Waals surface area (Å²) < 4.78 is 1.86. The molecular weight excluding hydrogens is 206 g/mol. The minimum atomic E-state index is -0.203. The molecule has 1 amide bonds. The summed E-state index contributed by atoms with van der Waals surface area (Å²) in [6, 6.07) is 3.60. The van der Waals surface area contributed by atoms with Gasteiger partial charge in [0.25, 0.3) is 5.91 Å². The lowest BCUT2D eigenvalue weighted by Crippen LogP contribution is -2.17. The van der Waals surface area contributed by atoms with Gasteiger partial charge in [0.15, 0.2) is 0 Å². The van der Waals surface area contributed by atoms with Gasteiger partial charge in [0.05, 0.1) is 0 Å². The number of anilines is 1. The number of hydrogen-bond donors (Lipinski definition) is 2. The van der Waals surface area contributed by atoms with E-state index in [0.717, 1.165) is 6.54 Å². The molecule has 0 saturated heterocycles. The number of aromatic nitrogens is 4. The number of nitrogens with one attached hydrogen (secondary N) is 2. The summed E-state index contributed by atoms with van der Waals surface area (Å²) in [7, 11) is 0. The minimum absolute atomic E-state index is 0.203. The molecule has 0 bridgehead atoms. The van der Waals surface area contributed by atoms with Crippen molar-refractivity contribution >= 4 is 11.9 Å². The first kappa shape index (κ1) is 10.4. The molecule has 0 aliphatic heterocycles. The molecule has 16 heavy (non-hydrogen) atoms. The van der Waals surface area contributed by atoms with Crippen molar-refractivity contribution in [2.75, 3.05) is 5.32 Å². The van der Waals surface area contributed by atoms with E-state index in [1.807, 2.05) is 23.8 Å². The van der Waals surface area contributed by atoms with E-state index >= 15 is 0 Å². The van der Waals surface area contributed by atoms with Crippen molar-refractivity contribution in [3.8, 4) is 0 Å². The zero-order valence-corrected chi connectivity index (χ0v) is 9.19. The van der Waals surface area contributed by atoms with Crippen LogP contribution in [0.4, 0.5) is 5.95 Å². The number of aryl methyl sites for hydroxylation is 2. The van der Waals surface area contributed by atoms with E-state index in [4.69, 9.17) is 0 Å². The number of H-pyrrole nitrogens is 1. The minimum Gasteiger partial charge on any atom is -0.344 e. The first-order chi connectivity index (χ1) is 7.70. The van der Waals surface area contributed by atoms with Crippen molar-refractivity contribution in [1.82, 2.24) is 19.7 Å². The summed E-state index contributed by atoms with van der Waals surface area (Å²) in [5, 5.41) is 9.14. The van der Waals surface area contributed by atoms with Gasteiger partial charge in [-0.3, -0.25) is 15.2 Å². The van der Waals surface area contributed by atoms with E-state index in [-0.39, 0.29) is 5.91 Å². The van der Waals surface area contributed by atoms with Crippen LogP contribution < -0.4 is 5.32 Å². The van der Waals surface area contributed by atoms with Gasteiger partial charge in [-0.15, -0.1) is 5.10 Å². The fraction of sp³-hybridized carbons (Fsp3) is 0.300. The van der Waals surface area contributed by atoms with Crippen LogP contribution in [0.25, 0.3) is 0 Å². The quantitative estimate of drug-likeness (QED) is 0.814. The molecule has 0 unspecified atom stereocenters. The second kappa shape index (κ2) is 4.18. The molecule has 0 radical (unpaired) electrons. The van der Waals surface area contributed by atoms with Crippen LogP contribution in [0.3, 0.4) is 0 Å². The van der Waals surface area contributed by atoms with Crippen molar-refractivity contribution in [1.29, 1.82) is 0 Å². The maximum absolute atomic E-state index is 11.8. The van der Waals surface area contributed by atoms with Gasteiger partial charge < -0.3 is 4.57 Å². The lowest BCUT2D eigenvalue weighted by atomic mass is 10.4. The molecule has 2 aromatic heterocycles. The number of amides is 1. The highest BCUT2D eigenvalue weighted by molar-refractivity contribution is 6.02. The molecular formula is C10H13N5O. The Balaban J connectivity index is 2.14. The van der Waals surface area contributed by atoms with E-state index in [0.29, 0.717) is 17.5 Å². The summed E-state index contributed by atoms with van der Waals surface area (Å²) in [4.78, 5) is 15.8. The second-order valence-electron chi connectivity index (χ2n) is 3.38. The Bertz CT molecular complexity index is 499. The molecule has 2 heterocycles. The molecule has 84 valence electrons. The Morgan fingerprint density at radius 2 is 2.44 bits per heavy atom. The van der Waals surface area contributed by atoms with Crippen molar-refractivity contribution in [3.63, 3.8) is 0 Å². The highest BCUT2D eigenvalue weighted by Crippen LogP contribution is 2.05. The molecule has 2 rings (SSSR count). The molecule has 6 nitrogen and oxygen atoms in total. The topological polar surface area (TPSA) is 75.6 Å². The molecule has 2 N–H and O–H groups in total. The molecule has 0 aliphatic carbocycles. The van der Waals surface area contributed by atoms with Gasteiger partial charge in [-0.1, -0.05) is 0 Å². The number of carbonyl (C=O) groups is 1. The third-order valence-electron chi connectivity index (χ3n) is 2.23.